The van der Waals surface area contributed by atoms with Crippen LogP contribution in [-0.4, -0.2) is 86.9 Å². The Morgan fingerprint density at radius 3 is 2.60 bits per heavy atom. The number of amides is 1. The molecule has 7 atom stereocenters. The van der Waals surface area contributed by atoms with Crippen LogP contribution < -0.4 is 5.32 Å². The molecular weight excluding hydrogens is 520 g/mol. The summed E-state index contributed by atoms with van der Waals surface area (Å²) in [6.45, 7) is 8.61. The molecule has 0 radical (unpaired) electrons. The Balaban J connectivity index is 1.34. The Kier molecular flexibility index (Phi) is 11.0. The number of rotatable bonds is 12. The standard InChI is InChI=1S/C28H42N4O8/c1-5-18(4)39-25-23(33)24(34)28(38-17(2)3)40-26(25)27(35)29-14-19-9-11-21(12-10-19)32-15-20(30-31-32)16-37-22-8-6-7-13-36-22/h9-12,15,17-18,22-26,28,33-34H,5-8,13-14,16H2,1-4H3,(H,29,35)/t18?,22?,23-,24+,25+,26?,28-/m1/s1. The van der Waals surface area contributed by atoms with Crippen LogP contribution in [0.3, 0.4) is 0 Å². The second-order valence-corrected chi connectivity index (χ2v) is 10.6. The molecule has 222 valence electrons. The van der Waals surface area contributed by atoms with Gasteiger partial charge in [0.2, 0.25) is 0 Å². The van der Waals surface area contributed by atoms with Gasteiger partial charge in [-0.1, -0.05) is 24.3 Å². The summed E-state index contributed by atoms with van der Waals surface area (Å²) in [5, 5.41) is 32.5. The summed E-state index contributed by atoms with van der Waals surface area (Å²) >= 11 is 0. The Morgan fingerprint density at radius 1 is 1.15 bits per heavy atom. The number of carbonyl (C=O) groups excluding carboxylic acids is 1. The zero-order chi connectivity index (χ0) is 28.6. The van der Waals surface area contributed by atoms with Crippen molar-refractivity contribution >= 4 is 5.91 Å². The fraction of sp³-hybridized carbons (Fsp3) is 0.679. The lowest BCUT2D eigenvalue weighted by atomic mass is 9.97. The van der Waals surface area contributed by atoms with E-state index in [0.717, 1.165) is 37.1 Å². The van der Waals surface area contributed by atoms with Gasteiger partial charge >= 0.3 is 0 Å². The average Bonchev–Trinajstić information content (AvgIpc) is 3.44. The first kappa shape index (κ1) is 30.5. The maximum Gasteiger partial charge on any atom is 0.252 e. The summed E-state index contributed by atoms with van der Waals surface area (Å²) in [5.41, 5.74) is 2.37. The average molecular weight is 563 g/mol. The quantitative estimate of drug-likeness (QED) is 0.351. The SMILES string of the molecule is CCC(C)O[C@@H]1C(C(=O)NCc2ccc(-n3cc(COC4CCCCO4)nn3)cc2)O[C@@H](OC(C)C)[C@@H](O)[C@H]1O. The Labute approximate surface area is 234 Å². The van der Waals surface area contributed by atoms with Gasteiger partial charge in [-0.2, -0.15) is 0 Å². The fourth-order valence-corrected chi connectivity index (χ4v) is 4.51. The van der Waals surface area contributed by atoms with Gasteiger partial charge in [-0.05, 0) is 64.2 Å². The number of hydrogen-bond acceptors (Lipinski definition) is 10. The number of aromatic nitrogens is 3. The van der Waals surface area contributed by atoms with Gasteiger partial charge in [0.15, 0.2) is 18.7 Å². The summed E-state index contributed by atoms with van der Waals surface area (Å²) < 4.78 is 30.4. The van der Waals surface area contributed by atoms with E-state index in [9.17, 15) is 15.0 Å². The highest BCUT2D eigenvalue weighted by atomic mass is 16.7. The lowest BCUT2D eigenvalue weighted by molar-refractivity contribution is -0.308. The maximum absolute atomic E-state index is 13.2. The van der Waals surface area contributed by atoms with Crippen molar-refractivity contribution in [2.24, 2.45) is 0 Å². The Bertz CT molecular complexity index is 1060. The number of benzene rings is 1. The Morgan fingerprint density at radius 2 is 1.93 bits per heavy atom. The molecule has 3 unspecified atom stereocenters. The van der Waals surface area contributed by atoms with E-state index in [1.54, 1.807) is 18.5 Å². The smallest absolute Gasteiger partial charge is 0.252 e. The molecule has 2 aliphatic heterocycles. The largest absolute Gasteiger partial charge is 0.387 e. The third-order valence-electron chi connectivity index (χ3n) is 6.94. The van der Waals surface area contributed by atoms with Crippen LogP contribution in [0.4, 0.5) is 0 Å². The monoisotopic (exact) mass is 562 g/mol. The topological polar surface area (TPSA) is 146 Å². The van der Waals surface area contributed by atoms with Gasteiger partial charge in [0.05, 0.1) is 30.7 Å². The van der Waals surface area contributed by atoms with Gasteiger partial charge in [0.1, 0.15) is 24.0 Å². The van der Waals surface area contributed by atoms with Gasteiger partial charge in [-0.15, -0.1) is 5.10 Å². The first-order chi connectivity index (χ1) is 19.2. The van der Waals surface area contributed by atoms with Crippen LogP contribution in [0.1, 0.15) is 64.6 Å². The molecule has 12 heteroatoms. The van der Waals surface area contributed by atoms with E-state index < -0.39 is 36.6 Å². The van der Waals surface area contributed by atoms with Gasteiger partial charge in [0, 0.05) is 13.2 Å². The van der Waals surface area contributed by atoms with Crippen LogP contribution in [0.25, 0.3) is 5.69 Å². The minimum atomic E-state index is -1.35. The highest BCUT2D eigenvalue weighted by Crippen LogP contribution is 2.27. The second-order valence-electron chi connectivity index (χ2n) is 10.6. The predicted octanol–water partition coefficient (Wildman–Crippen LogP) is 1.98. The third-order valence-corrected chi connectivity index (χ3v) is 6.94. The molecule has 4 rings (SSSR count). The van der Waals surface area contributed by atoms with Gasteiger partial charge in [-0.25, -0.2) is 4.68 Å². The summed E-state index contributed by atoms with van der Waals surface area (Å²) in [6.07, 6.45) is -1.24. The highest BCUT2D eigenvalue weighted by Gasteiger charge is 2.49. The molecule has 0 bridgehead atoms. The molecule has 3 N–H and O–H groups in total. The van der Waals surface area contributed by atoms with Crippen molar-refractivity contribution in [1.82, 2.24) is 20.3 Å². The van der Waals surface area contributed by atoms with Gasteiger partial charge in [-0.3, -0.25) is 4.79 Å². The van der Waals surface area contributed by atoms with Crippen molar-refractivity contribution in [3.63, 3.8) is 0 Å². The van der Waals surface area contributed by atoms with E-state index in [4.69, 9.17) is 23.7 Å². The van der Waals surface area contributed by atoms with Gasteiger partial charge < -0.3 is 39.2 Å². The van der Waals surface area contributed by atoms with Crippen molar-refractivity contribution in [2.45, 2.75) is 116 Å². The number of hydrogen-bond donors (Lipinski definition) is 3. The molecule has 0 aliphatic carbocycles. The fourth-order valence-electron chi connectivity index (χ4n) is 4.51. The minimum absolute atomic E-state index is 0.189. The number of nitrogens with zero attached hydrogens (tertiary/aromatic N) is 3. The number of aliphatic hydroxyl groups is 2. The van der Waals surface area contributed by atoms with Crippen molar-refractivity contribution in [2.75, 3.05) is 6.61 Å². The molecule has 3 heterocycles. The van der Waals surface area contributed by atoms with Crippen LogP contribution >= 0.6 is 0 Å². The van der Waals surface area contributed by atoms with E-state index in [1.165, 1.54) is 0 Å². The summed E-state index contributed by atoms with van der Waals surface area (Å²) in [6, 6.07) is 7.51. The third kappa shape index (κ3) is 8.06. The molecule has 2 aromatic rings. The maximum atomic E-state index is 13.2. The molecule has 0 spiro atoms. The molecule has 40 heavy (non-hydrogen) atoms. The number of aliphatic hydroxyl groups excluding tert-OH is 2. The van der Waals surface area contributed by atoms with E-state index >= 15 is 0 Å². The molecule has 12 nitrogen and oxygen atoms in total. The molecule has 1 aromatic carbocycles. The molecule has 1 amide bonds. The van der Waals surface area contributed by atoms with Crippen LogP contribution in [0.5, 0.6) is 0 Å². The first-order valence-electron chi connectivity index (χ1n) is 14.1. The van der Waals surface area contributed by atoms with Crippen LogP contribution in [0.2, 0.25) is 0 Å². The van der Waals surface area contributed by atoms with Crippen LogP contribution in [0, 0.1) is 0 Å². The van der Waals surface area contributed by atoms with E-state index in [2.05, 4.69) is 15.6 Å². The molecule has 2 fully saturated rings. The first-order valence-corrected chi connectivity index (χ1v) is 14.1. The molecule has 2 saturated heterocycles. The zero-order valence-electron chi connectivity index (χ0n) is 23.6. The second kappa shape index (κ2) is 14.4. The minimum Gasteiger partial charge on any atom is -0.387 e. The van der Waals surface area contributed by atoms with Gasteiger partial charge in [0.25, 0.3) is 5.91 Å². The van der Waals surface area contributed by atoms with Crippen molar-refractivity contribution in [3.8, 4) is 5.69 Å². The van der Waals surface area contributed by atoms with E-state index in [-0.39, 0.29) is 25.0 Å². The van der Waals surface area contributed by atoms with Crippen LogP contribution in [-0.2, 0) is 41.6 Å². The van der Waals surface area contributed by atoms with Crippen LogP contribution in [0.15, 0.2) is 30.5 Å². The zero-order valence-corrected chi connectivity index (χ0v) is 23.6. The highest BCUT2D eigenvalue weighted by molar-refractivity contribution is 5.81. The Hall–Kier alpha value is -2.45. The molecule has 1 aromatic heterocycles. The summed E-state index contributed by atoms with van der Waals surface area (Å²) in [5.74, 6) is -0.469. The predicted molar refractivity (Wildman–Crippen MR) is 143 cm³/mol. The van der Waals surface area contributed by atoms with Crippen molar-refractivity contribution in [3.05, 3.63) is 41.7 Å². The normalized spacial score (nSPS) is 28.0. The summed E-state index contributed by atoms with van der Waals surface area (Å²) in [7, 11) is 0. The van der Waals surface area contributed by atoms with Crippen molar-refractivity contribution < 1.29 is 38.7 Å². The number of nitrogens with one attached hydrogen (secondary N) is 1. The molecule has 0 saturated carbocycles. The van der Waals surface area contributed by atoms with E-state index in [1.807, 2.05) is 44.3 Å². The molecular formula is C28H42N4O8. The lowest BCUT2D eigenvalue weighted by Gasteiger charge is -2.42. The summed E-state index contributed by atoms with van der Waals surface area (Å²) in [4.78, 5) is 13.2. The molecule has 2 aliphatic rings. The lowest BCUT2D eigenvalue weighted by Crippen LogP contribution is -2.63. The van der Waals surface area contributed by atoms with E-state index in [0.29, 0.717) is 18.7 Å². The number of carbonyl (C=O) groups is 1. The van der Waals surface area contributed by atoms with Crippen molar-refractivity contribution in [1.29, 1.82) is 0 Å². The number of ether oxygens (including phenoxy) is 5.